The molecule has 38 heavy (non-hydrogen) atoms. The monoisotopic (exact) mass is 529 g/mol. The Bertz CT molecular complexity index is 1630. The van der Waals surface area contributed by atoms with Crippen molar-refractivity contribution in [2.45, 2.75) is 17.9 Å². The Morgan fingerprint density at radius 1 is 0.842 bits per heavy atom. The smallest absolute Gasteiger partial charge is 0.265 e. The maximum absolute atomic E-state index is 13.5. The molecule has 194 valence electrons. The lowest BCUT2D eigenvalue weighted by molar-refractivity contribution is 0.0271. The van der Waals surface area contributed by atoms with Crippen LogP contribution in [0, 0.1) is 6.92 Å². The van der Waals surface area contributed by atoms with E-state index in [-0.39, 0.29) is 22.5 Å². The Morgan fingerprint density at radius 2 is 1.53 bits per heavy atom. The van der Waals surface area contributed by atoms with E-state index < -0.39 is 15.9 Å². The van der Waals surface area contributed by atoms with E-state index >= 15 is 0 Å². The Kier molecular flexibility index (Phi) is 7.24. The molecule has 0 saturated carbocycles. The van der Waals surface area contributed by atoms with E-state index in [4.69, 9.17) is 4.74 Å². The third kappa shape index (κ3) is 5.17. The highest BCUT2D eigenvalue weighted by Crippen LogP contribution is 2.30. The number of carbonyl (C=O) groups excluding carboxylic acids is 2. The molecule has 4 aromatic rings. The summed E-state index contributed by atoms with van der Waals surface area (Å²) in [5.41, 5.74) is 2.66. The number of hydrogen-bond acceptors (Lipinski definition) is 6. The van der Waals surface area contributed by atoms with E-state index in [0.29, 0.717) is 47.3 Å². The van der Waals surface area contributed by atoms with E-state index in [0.717, 1.165) is 5.56 Å². The number of sulfonamides is 1. The maximum atomic E-state index is 13.5. The normalized spacial score (nSPS) is 15.7. The lowest BCUT2D eigenvalue weighted by Crippen LogP contribution is -2.36. The predicted molar refractivity (Wildman–Crippen MR) is 146 cm³/mol. The van der Waals surface area contributed by atoms with E-state index in [1.165, 1.54) is 12.1 Å². The maximum Gasteiger partial charge on any atom is 0.265 e. The van der Waals surface area contributed by atoms with Crippen molar-refractivity contribution in [3.05, 3.63) is 107 Å². The number of amides is 2. The Balaban J connectivity index is 1.45. The molecule has 1 aliphatic heterocycles. The van der Waals surface area contributed by atoms with Crippen LogP contribution in [0.2, 0.25) is 0 Å². The number of carbonyl (C=O) groups is 2. The van der Waals surface area contributed by atoms with Crippen molar-refractivity contribution < 1.29 is 22.7 Å². The molecule has 0 aliphatic carbocycles. The second kappa shape index (κ2) is 10.7. The highest BCUT2D eigenvalue weighted by Gasteiger charge is 2.26. The van der Waals surface area contributed by atoms with Crippen LogP contribution in [0.3, 0.4) is 0 Å². The molecule has 2 amide bonds. The van der Waals surface area contributed by atoms with E-state index in [9.17, 15) is 18.0 Å². The molecule has 1 saturated heterocycles. The summed E-state index contributed by atoms with van der Waals surface area (Å²) in [5, 5.41) is 7.02. The number of nitrogens with one attached hydrogen (secondary N) is 3. The van der Waals surface area contributed by atoms with Crippen molar-refractivity contribution in [2.24, 2.45) is 0 Å². The summed E-state index contributed by atoms with van der Waals surface area (Å²) in [6.07, 6.45) is -0.356. The van der Waals surface area contributed by atoms with E-state index in [1.807, 2.05) is 19.1 Å². The summed E-state index contributed by atoms with van der Waals surface area (Å²) in [5.74, 6) is -1.04. The minimum absolute atomic E-state index is 0.0663. The molecule has 8 nitrogen and oxygen atoms in total. The van der Waals surface area contributed by atoms with Crippen molar-refractivity contribution in [1.29, 1.82) is 0 Å². The van der Waals surface area contributed by atoms with Crippen LogP contribution < -0.4 is 15.4 Å². The van der Waals surface area contributed by atoms with Crippen molar-refractivity contribution >= 4 is 38.3 Å². The molecule has 0 radical (unpaired) electrons. The molecular formula is C29H27N3O5S. The minimum atomic E-state index is -4.25. The molecule has 0 spiro atoms. The molecule has 1 heterocycles. The minimum Gasteiger partial charge on any atom is -0.371 e. The van der Waals surface area contributed by atoms with Gasteiger partial charge in [-0.3, -0.25) is 9.59 Å². The van der Waals surface area contributed by atoms with Crippen LogP contribution in [-0.4, -0.2) is 39.9 Å². The quantitative estimate of drug-likeness (QED) is 0.345. The van der Waals surface area contributed by atoms with Gasteiger partial charge < -0.3 is 15.4 Å². The average Bonchev–Trinajstić information content (AvgIpc) is 2.93. The number of aryl methyl sites for hydroxylation is 1. The highest BCUT2D eigenvalue weighted by molar-refractivity contribution is 7.90. The third-order valence-electron chi connectivity index (χ3n) is 6.52. The molecule has 0 bridgehead atoms. The summed E-state index contributed by atoms with van der Waals surface area (Å²) in [7, 11) is -4.25. The highest BCUT2D eigenvalue weighted by atomic mass is 32.2. The topological polar surface area (TPSA) is 114 Å². The predicted octanol–water partition coefficient (Wildman–Crippen LogP) is 4.18. The Hall–Kier alpha value is -4.05. The third-order valence-corrected chi connectivity index (χ3v) is 7.91. The van der Waals surface area contributed by atoms with Crippen molar-refractivity contribution in [2.75, 3.05) is 25.0 Å². The van der Waals surface area contributed by atoms with Crippen LogP contribution in [-0.2, 0) is 14.8 Å². The van der Waals surface area contributed by atoms with Gasteiger partial charge in [0.05, 0.1) is 17.6 Å². The molecule has 5 rings (SSSR count). The fraction of sp³-hybridized carbons (Fsp3) is 0.172. The molecule has 1 unspecified atom stereocenters. The fourth-order valence-electron chi connectivity index (χ4n) is 4.61. The zero-order valence-corrected chi connectivity index (χ0v) is 21.5. The summed E-state index contributed by atoms with van der Waals surface area (Å²) >= 11 is 0. The van der Waals surface area contributed by atoms with Gasteiger partial charge in [-0.05, 0) is 42.3 Å². The SMILES string of the molecule is Cc1ccccc1C(=O)Nc1ccc(S(=O)(=O)NC(=O)c2ccccc2C2CNCCO2)c2ccccc12. The number of morpholine rings is 1. The molecule has 4 aromatic carbocycles. The molecule has 9 heteroatoms. The standard InChI is InChI=1S/C29H27N3O5S/c1-19-8-2-3-9-20(19)28(33)31-25-14-15-27(23-12-6-4-10-21(23)25)38(35,36)32-29(34)24-13-7-5-11-22(24)26-18-30-16-17-37-26/h2-15,26,30H,16-18H2,1H3,(H,31,33)(H,32,34). The summed E-state index contributed by atoms with van der Waals surface area (Å²) in [6, 6.07) is 23.8. The van der Waals surface area contributed by atoms with Crippen LogP contribution in [0.5, 0.6) is 0 Å². The van der Waals surface area contributed by atoms with Gasteiger partial charge in [-0.15, -0.1) is 0 Å². The fourth-order valence-corrected chi connectivity index (χ4v) is 5.79. The lowest BCUT2D eigenvalue weighted by Gasteiger charge is -2.25. The first kappa shape index (κ1) is 25.6. The van der Waals surface area contributed by atoms with Gasteiger partial charge in [0, 0.05) is 40.7 Å². The number of hydrogen-bond donors (Lipinski definition) is 3. The van der Waals surface area contributed by atoms with Crippen molar-refractivity contribution in [3.8, 4) is 0 Å². The first-order valence-corrected chi connectivity index (χ1v) is 13.7. The van der Waals surface area contributed by atoms with Crippen molar-refractivity contribution in [3.63, 3.8) is 0 Å². The number of fused-ring (bicyclic) bond motifs is 1. The summed E-state index contributed by atoms with van der Waals surface area (Å²) in [4.78, 5) is 26.1. The first-order valence-electron chi connectivity index (χ1n) is 12.2. The van der Waals surface area contributed by atoms with Gasteiger partial charge >= 0.3 is 0 Å². The van der Waals surface area contributed by atoms with Crippen LogP contribution in [0.4, 0.5) is 5.69 Å². The van der Waals surface area contributed by atoms with Gasteiger partial charge in [0.1, 0.15) is 0 Å². The van der Waals surface area contributed by atoms with Crippen LogP contribution >= 0.6 is 0 Å². The van der Waals surface area contributed by atoms with Crippen LogP contribution in [0.15, 0.2) is 89.8 Å². The second-order valence-electron chi connectivity index (χ2n) is 9.01. The molecule has 0 aromatic heterocycles. The van der Waals surface area contributed by atoms with Gasteiger partial charge in [-0.1, -0.05) is 60.7 Å². The molecule has 1 aliphatic rings. The zero-order chi connectivity index (χ0) is 26.7. The van der Waals surface area contributed by atoms with Gasteiger partial charge in [0.15, 0.2) is 0 Å². The first-order chi connectivity index (χ1) is 18.3. The molecule has 3 N–H and O–H groups in total. The molecular weight excluding hydrogens is 502 g/mol. The average molecular weight is 530 g/mol. The van der Waals surface area contributed by atoms with Crippen LogP contribution in [0.25, 0.3) is 10.8 Å². The number of anilines is 1. The van der Waals surface area contributed by atoms with Gasteiger partial charge in [-0.25, -0.2) is 13.1 Å². The number of ether oxygens (including phenoxy) is 1. The van der Waals surface area contributed by atoms with Gasteiger partial charge in [-0.2, -0.15) is 0 Å². The lowest BCUT2D eigenvalue weighted by atomic mass is 10.0. The molecule has 1 fully saturated rings. The van der Waals surface area contributed by atoms with Crippen molar-refractivity contribution in [1.82, 2.24) is 10.0 Å². The number of rotatable bonds is 6. The van der Waals surface area contributed by atoms with E-state index in [2.05, 4.69) is 15.4 Å². The van der Waals surface area contributed by atoms with Crippen LogP contribution in [0.1, 0.15) is 37.9 Å². The summed E-state index contributed by atoms with van der Waals surface area (Å²) < 4.78 is 34.9. The largest absolute Gasteiger partial charge is 0.371 e. The van der Waals surface area contributed by atoms with E-state index in [1.54, 1.807) is 60.7 Å². The zero-order valence-electron chi connectivity index (χ0n) is 20.7. The second-order valence-corrected chi connectivity index (χ2v) is 10.7. The Labute approximate surface area is 221 Å². The van der Waals surface area contributed by atoms with Gasteiger partial charge in [0.2, 0.25) is 0 Å². The molecule has 1 atom stereocenters. The van der Waals surface area contributed by atoms with Gasteiger partial charge in [0.25, 0.3) is 21.8 Å². The summed E-state index contributed by atoms with van der Waals surface area (Å²) in [6.45, 7) is 3.59. The number of benzene rings is 4. The Morgan fingerprint density at radius 3 is 2.26 bits per heavy atom.